The Morgan fingerprint density at radius 2 is 1.37 bits per heavy atom. The summed E-state index contributed by atoms with van der Waals surface area (Å²) in [6, 6.07) is 0. The Morgan fingerprint density at radius 3 is 1.95 bits per heavy atom. The first kappa shape index (κ1) is 14.6. The van der Waals surface area contributed by atoms with Crippen LogP contribution in [0.3, 0.4) is 0 Å². The van der Waals surface area contributed by atoms with Crippen molar-refractivity contribution in [1.29, 1.82) is 0 Å². The molecule has 0 aromatic rings. The van der Waals surface area contributed by atoms with Crippen molar-refractivity contribution in [3.8, 4) is 0 Å². The first-order chi connectivity index (χ1) is 9.18. The third kappa shape index (κ3) is 4.09. The van der Waals surface area contributed by atoms with E-state index in [4.69, 9.17) is 4.74 Å². The van der Waals surface area contributed by atoms with Gasteiger partial charge in [0.05, 0.1) is 0 Å². The van der Waals surface area contributed by atoms with Crippen LogP contribution >= 0.6 is 0 Å². The molecule has 0 N–H and O–H groups in total. The van der Waals surface area contributed by atoms with Crippen LogP contribution in [-0.4, -0.2) is 12.1 Å². The molecule has 0 bridgehead atoms. The highest BCUT2D eigenvalue weighted by Crippen LogP contribution is 2.31. The van der Waals surface area contributed by atoms with Gasteiger partial charge in [-0.05, 0) is 58.3 Å². The summed E-state index contributed by atoms with van der Waals surface area (Å²) < 4.78 is 5.67. The molecule has 0 amide bonds. The molecular formula is C17H28O2. The second-order valence-electron chi connectivity index (χ2n) is 6.31. The van der Waals surface area contributed by atoms with Gasteiger partial charge >= 0.3 is 5.97 Å². The second kappa shape index (κ2) is 7.12. The van der Waals surface area contributed by atoms with E-state index in [1.54, 1.807) is 0 Å². The Balaban J connectivity index is 1.92. The first-order valence-electron chi connectivity index (χ1n) is 8.07. The molecule has 2 saturated carbocycles. The van der Waals surface area contributed by atoms with Gasteiger partial charge in [-0.15, -0.1) is 0 Å². The summed E-state index contributed by atoms with van der Waals surface area (Å²) in [6.45, 7) is 4.09. The number of hydrogen-bond donors (Lipinski definition) is 0. The van der Waals surface area contributed by atoms with E-state index in [0.717, 1.165) is 18.4 Å². The number of carbonyl (C=O) groups excluding carboxylic acids is 1. The number of esters is 1. The quantitative estimate of drug-likeness (QED) is 0.541. The van der Waals surface area contributed by atoms with Gasteiger partial charge in [0.1, 0.15) is 6.10 Å². The number of hydrogen-bond acceptors (Lipinski definition) is 2. The molecule has 0 aliphatic heterocycles. The summed E-state index contributed by atoms with van der Waals surface area (Å²) >= 11 is 0. The molecule has 2 nitrogen and oxygen atoms in total. The molecule has 2 fully saturated rings. The zero-order chi connectivity index (χ0) is 13.7. The summed E-state index contributed by atoms with van der Waals surface area (Å²) in [5.74, 6) is 0.558. The molecule has 2 aliphatic carbocycles. The van der Waals surface area contributed by atoms with E-state index < -0.39 is 0 Å². The van der Waals surface area contributed by atoms with Crippen molar-refractivity contribution in [3.63, 3.8) is 0 Å². The van der Waals surface area contributed by atoms with Crippen LogP contribution in [0.15, 0.2) is 11.1 Å². The summed E-state index contributed by atoms with van der Waals surface area (Å²) in [5.41, 5.74) is 2.15. The zero-order valence-corrected chi connectivity index (χ0v) is 12.5. The van der Waals surface area contributed by atoms with Crippen LogP contribution in [0.2, 0.25) is 0 Å². The van der Waals surface area contributed by atoms with Crippen LogP contribution in [0.25, 0.3) is 0 Å². The normalized spacial score (nSPS) is 23.9. The van der Waals surface area contributed by atoms with Gasteiger partial charge in [0, 0.05) is 5.57 Å². The third-order valence-corrected chi connectivity index (χ3v) is 4.94. The van der Waals surface area contributed by atoms with E-state index in [-0.39, 0.29) is 12.1 Å². The van der Waals surface area contributed by atoms with Crippen molar-refractivity contribution in [2.24, 2.45) is 5.92 Å². The van der Waals surface area contributed by atoms with Crippen LogP contribution in [0.5, 0.6) is 0 Å². The van der Waals surface area contributed by atoms with Gasteiger partial charge in [-0.1, -0.05) is 31.3 Å². The lowest BCUT2D eigenvalue weighted by molar-refractivity contribution is -0.145. The SMILES string of the molecule is CC(C(=O)OC1CCCCC1)=C(C)C1CCCCC1. The molecule has 2 aliphatic rings. The fourth-order valence-corrected chi connectivity index (χ4v) is 3.43. The predicted octanol–water partition coefficient (Wildman–Crippen LogP) is 4.78. The van der Waals surface area contributed by atoms with Crippen molar-refractivity contribution in [2.75, 3.05) is 0 Å². The van der Waals surface area contributed by atoms with Crippen LogP contribution in [-0.2, 0) is 9.53 Å². The number of allylic oxidation sites excluding steroid dienone is 1. The average Bonchev–Trinajstić information content (AvgIpc) is 2.47. The largest absolute Gasteiger partial charge is 0.459 e. The van der Waals surface area contributed by atoms with Crippen molar-refractivity contribution in [1.82, 2.24) is 0 Å². The number of rotatable bonds is 3. The van der Waals surface area contributed by atoms with E-state index in [1.165, 1.54) is 56.9 Å². The van der Waals surface area contributed by atoms with E-state index in [9.17, 15) is 4.79 Å². The Kier molecular flexibility index (Phi) is 5.47. The lowest BCUT2D eigenvalue weighted by atomic mass is 9.82. The van der Waals surface area contributed by atoms with Crippen molar-refractivity contribution < 1.29 is 9.53 Å². The highest BCUT2D eigenvalue weighted by atomic mass is 16.5. The standard InChI is InChI=1S/C17H28O2/c1-13(15-9-5-3-6-10-15)14(2)17(18)19-16-11-7-4-8-12-16/h15-16H,3-12H2,1-2H3. The highest BCUT2D eigenvalue weighted by Gasteiger charge is 2.22. The van der Waals surface area contributed by atoms with Gasteiger partial charge in [-0.25, -0.2) is 4.79 Å². The monoisotopic (exact) mass is 264 g/mol. The minimum absolute atomic E-state index is 0.0602. The topological polar surface area (TPSA) is 26.3 Å². The van der Waals surface area contributed by atoms with Gasteiger partial charge in [0.25, 0.3) is 0 Å². The van der Waals surface area contributed by atoms with Crippen LogP contribution < -0.4 is 0 Å². The molecule has 2 rings (SSSR count). The maximum Gasteiger partial charge on any atom is 0.333 e. The zero-order valence-electron chi connectivity index (χ0n) is 12.5. The smallest absolute Gasteiger partial charge is 0.333 e. The van der Waals surface area contributed by atoms with Crippen molar-refractivity contribution in [2.45, 2.75) is 84.2 Å². The number of carbonyl (C=O) groups is 1. The predicted molar refractivity (Wildman–Crippen MR) is 77.9 cm³/mol. The lowest BCUT2D eigenvalue weighted by Crippen LogP contribution is -2.22. The molecule has 108 valence electrons. The van der Waals surface area contributed by atoms with E-state index in [0.29, 0.717) is 5.92 Å². The minimum atomic E-state index is -0.0602. The maximum absolute atomic E-state index is 12.2. The number of ether oxygens (including phenoxy) is 1. The fourth-order valence-electron chi connectivity index (χ4n) is 3.43. The van der Waals surface area contributed by atoms with Crippen LogP contribution in [0.4, 0.5) is 0 Å². The maximum atomic E-state index is 12.2. The Bertz CT molecular complexity index is 331. The van der Waals surface area contributed by atoms with Crippen molar-refractivity contribution in [3.05, 3.63) is 11.1 Å². The van der Waals surface area contributed by atoms with Gasteiger partial charge in [0.2, 0.25) is 0 Å². The highest BCUT2D eigenvalue weighted by molar-refractivity contribution is 5.88. The average molecular weight is 264 g/mol. The molecule has 0 saturated heterocycles. The Labute approximate surface area is 117 Å². The molecule has 0 radical (unpaired) electrons. The van der Waals surface area contributed by atoms with E-state index in [1.807, 2.05) is 6.92 Å². The van der Waals surface area contributed by atoms with Crippen LogP contribution in [0, 0.1) is 5.92 Å². The molecule has 0 unspecified atom stereocenters. The van der Waals surface area contributed by atoms with Gasteiger partial charge in [-0.2, -0.15) is 0 Å². The van der Waals surface area contributed by atoms with Gasteiger partial charge < -0.3 is 4.74 Å². The molecule has 0 aromatic heterocycles. The molecular weight excluding hydrogens is 236 g/mol. The van der Waals surface area contributed by atoms with E-state index in [2.05, 4.69) is 6.92 Å². The molecule has 2 heteroatoms. The fraction of sp³-hybridized carbons (Fsp3) is 0.824. The molecule has 0 heterocycles. The molecule has 0 atom stereocenters. The Morgan fingerprint density at radius 1 is 0.842 bits per heavy atom. The summed E-state index contributed by atoms with van der Waals surface area (Å²) in [5, 5.41) is 0. The summed E-state index contributed by atoms with van der Waals surface area (Å²) in [6.07, 6.45) is 12.5. The molecule has 19 heavy (non-hydrogen) atoms. The van der Waals surface area contributed by atoms with Crippen molar-refractivity contribution >= 4 is 5.97 Å². The van der Waals surface area contributed by atoms with E-state index >= 15 is 0 Å². The Hall–Kier alpha value is -0.790. The lowest BCUT2D eigenvalue weighted by Gasteiger charge is -2.25. The molecule has 0 aromatic carbocycles. The summed E-state index contributed by atoms with van der Waals surface area (Å²) in [7, 11) is 0. The van der Waals surface area contributed by atoms with Gasteiger partial charge in [0.15, 0.2) is 0 Å². The third-order valence-electron chi connectivity index (χ3n) is 4.94. The molecule has 0 spiro atoms. The van der Waals surface area contributed by atoms with Crippen LogP contribution in [0.1, 0.15) is 78.1 Å². The summed E-state index contributed by atoms with van der Waals surface area (Å²) in [4.78, 5) is 12.2. The van der Waals surface area contributed by atoms with Gasteiger partial charge in [-0.3, -0.25) is 0 Å². The first-order valence-corrected chi connectivity index (χ1v) is 8.07. The minimum Gasteiger partial charge on any atom is -0.459 e. The second-order valence-corrected chi connectivity index (χ2v) is 6.31.